The van der Waals surface area contributed by atoms with Crippen LogP contribution >= 0.6 is 0 Å². The van der Waals surface area contributed by atoms with Crippen molar-refractivity contribution in [2.45, 2.75) is 38.2 Å². The maximum atomic E-state index is 10.7. The minimum atomic E-state index is -0.809. The van der Waals surface area contributed by atoms with E-state index in [1.165, 1.54) is 0 Å². The van der Waals surface area contributed by atoms with Gasteiger partial charge in [-0.05, 0) is 30.5 Å². The van der Waals surface area contributed by atoms with Crippen LogP contribution in [0.4, 0.5) is 0 Å². The predicted molar refractivity (Wildman–Crippen MR) is 75.6 cm³/mol. The lowest BCUT2D eigenvalue weighted by molar-refractivity contribution is 0.0357. The van der Waals surface area contributed by atoms with Crippen LogP contribution < -0.4 is 9.47 Å². The van der Waals surface area contributed by atoms with Crippen molar-refractivity contribution in [1.82, 2.24) is 0 Å². The Balaban J connectivity index is 2.36. The topological polar surface area (TPSA) is 62.5 Å². The fourth-order valence-corrected chi connectivity index (χ4v) is 2.94. The zero-order valence-electron chi connectivity index (χ0n) is 12.1. The average Bonchev–Trinajstić information content (AvgIpc) is 2.54. The van der Waals surface area contributed by atoms with E-state index in [9.17, 15) is 10.4 Å². The molecule has 108 valence electrons. The lowest BCUT2D eigenvalue weighted by atomic mass is 9.69. The minimum absolute atomic E-state index is 0.627. The summed E-state index contributed by atoms with van der Waals surface area (Å²) in [6.07, 6.45) is 3.79. The van der Waals surface area contributed by atoms with E-state index in [0.717, 1.165) is 32.1 Å². The number of aliphatic hydroxyl groups is 1. The van der Waals surface area contributed by atoms with E-state index in [1.807, 2.05) is 0 Å². The number of nitrogens with zero attached hydrogens (tertiary/aromatic N) is 1. The van der Waals surface area contributed by atoms with Crippen LogP contribution in [-0.2, 0) is 0 Å². The van der Waals surface area contributed by atoms with Crippen molar-refractivity contribution in [2.75, 3.05) is 14.2 Å². The van der Waals surface area contributed by atoms with Gasteiger partial charge in [-0.25, -0.2) is 0 Å². The Morgan fingerprint density at radius 1 is 1.10 bits per heavy atom. The predicted octanol–water partition coefficient (Wildman–Crippen LogP) is 3.21. The van der Waals surface area contributed by atoms with Gasteiger partial charge in [-0.3, -0.25) is 0 Å². The third kappa shape index (κ3) is 2.73. The largest absolute Gasteiger partial charge is 0.497 e. The van der Waals surface area contributed by atoms with Crippen molar-refractivity contribution in [3.05, 3.63) is 23.8 Å². The first-order valence-electron chi connectivity index (χ1n) is 6.97. The molecule has 20 heavy (non-hydrogen) atoms. The lowest BCUT2D eigenvalue weighted by Gasteiger charge is -2.35. The lowest BCUT2D eigenvalue weighted by Crippen LogP contribution is -2.30. The number of ether oxygens (including phenoxy) is 2. The second-order valence-electron chi connectivity index (χ2n) is 5.38. The van der Waals surface area contributed by atoms with Gasteiger partial charge in [0.15, 0.2) is 0 Å². The smallest absolute Gasteiger partial charge is 0.122 e. The van der Waals surface area contributed by atoms with Crippen LogP contribution in [0, 0.1) is 16.7 Å². The molecule has 0 heterocycles. The first-order chi connectivity index (χ1) is 9.65. The summed E-state index contributed by atoms with van der Waals surface area (Å²) in [7, 11) is 3.15. The van der Waals surface area contributed by atoms with Crippen LogP contribution in [0.2, 0.25) is 0 Å². The molecule has 1 saturated carbocycles. The van der Waals surface area contributed by atoms with Gasteiger partial charge in [0.1, 0.15) is 11.5 Å². The zero-order valence-corrected chi connectivity index (χ0v) is 12.1. The van der Waals surface area contributed by atoms with Crippen molar-refractivity contribution in [3.63, 3.8) is 0 Å². The highest BCUT2D eigenvalue weighted by atomic mass is 16.5. The molecule has 4 nitrogen and oxygen atoms in total. The van der Waals surface area contributed by atoms with Gasteiger partial charge in [0.05, 0.1) is 31.8 Å². The molecular formula is C16H21NO3. The molecule has 2 rings (SSSR count). The first-order valence-corrected chi connectivity index (χ1v) is 6.97. The Kier molecular flexibility index (Phi) is 4.51. The van der Waals surface area contributed by atoms with E-state index in [1.54, 1.807) is 32.4 Å². The Labute approximate surface area is 119 Å². The molecule has 1 unspecified atom stereocenters. The highest BCUT2D eigenvalue weighted by molar-refractivity contribution is 5.40. The molecule has 0 saturated heterocycles. The molecule has 0 bridgehead atoms. The monoisotopic (exact) mass is 275 g/mol. The number of nitriles is 1. The molecule has 1 fully saturated rings. The number of rotatable bonds is 4. The number of methoxy groups -OCH3 is 2. The summed E-state index contributed by atoms with van der Waals surface area (Å²) in [6.45, 7) is 0. The summed E-state index contributed by atoms with van der Waals surface area (Å²) in [5, 5.41) is 20.3. The van der Waals surface area contributed by atoms with Crippen molar-refractivity contribution in [3.8, 4) is 17.6 Å². The van der Waals surface area contributed by atoms with E-state index in [4.69, 9.17) is 9.47 Å². The molecule has 0 aliphatic heterocycles. The standard InChI is InChI=1S/C16H21NO3/c1-19-13-8-12(9-14(10-13)20-2)15(18)16(11-17)6-4-3-5-7-16/h8-10,15,18H,3-7H2,1-2H3. The molecule has 0 spiro atoms. The fraction of sp³-hybridized carbons (Fsp3) is 0.562. The van der Waals surface area contributed by atoms with Crippen LogP contribution in [0.1, 0.15) is 43.8 Å². The van der Waals surface area contributed by atoms with E-state index >= 15 is 0 Å². The van der Waals surface area contributed by atoms with E-state index < -0.39 is 11.5 Å². The molecule has 1 aromatic carbocycles. The number of aliphatic hydroxyl groups excluding tert-OH is 1. The number of hydrogen-bond acceptors (Lipinski definition) is 4. The molecule has 1 N–H and O–H groups in total. The summed E-state index contributed by atoms with van der Waals surface area (Å²) in [4.78, 5) is 0. The highest BCUT2D eigenvalue weighted by Crippen LogP contribution is 2.46. The summed E-state index contributed by atoms with van der Waals surface area (Å²) >= 11 is 0. The molecular weight excluding hydrogens is 254 g/mol. The number of benzene rings is 1. The third-order valence-corrected chi connectivity index (χ3v) is 4.18. The first kappa shape index (κ1) is 14.7. The van der Waals surface area contributed by atoms with Gasteiger partial charge in [-0.15, -0.1) is 0 Å². The molecule has 0 aromatic heterocycles. The highest BCUT2D eigenvalue weighted by Gasteiger charge is 2.40. The molecule has 1 aliphatic carbocycles. The second kappa shape index (κ2) is 6.15. The van der Waals surface area contributed by atoms with Crippen LogP contribution in [-0.4, -0.2) is 19.3 Å². The molecule has 1 aromatic rings. The maximum absolute atomic E-state index is 10.7. The Bertz CT molecular complexity index is 479. The molecule has 4 heteroatoms. The third-order valence-electron chi connectivity index (χ3n) is 4.18. The van der Waals surface area contributed by atoms with Gasteiger partial charge >= 0.3 is 0 Å². The SMILES string of the molecule is COc1cc(OC)cc(C(O)C2(C#N)CCCCC2)c1. The van der Waals surface area contributed by atoms with E-state index in [-0.39, 0.29) is 0 Å². The van der Waals surface area contributed by atoms with Gasteiger partial charge in [-0.1, -0.05) is 19.3 Å². The minimum Gasteiger partial charge on any atom is -0.497 e. The van der Waals surface area contributed by atoms with Crippen LogP contribution in [0.25, 0.3) is 0 Å². The fourth-order valence-electron chi connectivity index (χ4n) is 2.94. The summed E-state index contributed by atoms with van der Waals surface area (Å²) in [5.41, 5.74) is -0.0000335. The van der Waals surface area contributed by atoms with Crippen molar-refractivity contribution in [2.24, 2.45) is 5.41 Å². The van der Waals surface area contributed by atoms with Crippen LogP contribution in [0.3, 0.4) is 0 Å². The summed E-state index contributed by atoms with van der Waals surface area (Å²) < 4.78 is 10.5. The van der Waals surface area contributed by atoms with Gasteiger partial charge in [-0.2, -0.15) is 5.26 Å². The zero-order chi connectivity index (χ0) is 14.6. The molecule has 0 radical (unpaired) electrons. The van der Waals surface area contributed by atoms with Crippen LogP contribution in [0.15, 0.2) is 18.2 Å². The number of hydrogen-bond donors (Lipinski definition) is 1. The average molecular weight is 275 g/mol. The Morgan fingerprint density at radius 2 is 1.65 bits per heavy atom. The maximum Gasteiger partial charge on any atom is 0.122 e. The van der Waals surface area contributed by atoms with E-state index in [0.29, 0.717) is 17.1 Å². The van der Waals surface area contributed by atoms with Gasteiger partial charge in [0.2, 0.25) is 0 Å². The molecule has 1 atom stereocenters. The van der Waals surface area contributed by atoms with E-state index in [2.05, 4.69) is 6.07 Å². The van der Waals surface area contributed by atoms with Crippen molar-refractivity contribution in [1.29, 1.82) is 5.26 Å². The Hall–Kier alpha value is -1.73. The quantitative estimate of drug-likeness (QED) is 0.916. The normalized spacial score (nSPS) is 18.9. The van der Waals surface area contributed by atoms with Crippen molar-refractivity contribution >= 4 is 0 Å². The molecule has 0 amide bonds. The van der Waals surface area contributed by atoms with Gasteiger partial charge in [0, 0.05) is 6.07 Å². The second-order valence-corrected chi connectivity index (χ2v) is 5.38. The van der Waals surface area contributed by atoms with Gasteiger partial charge in [0.25, 0.3) is 0 Å². The molecule has 1 aliphatic rings. The summed E-state index contributed by atoms with van der Waals surface area (Å²) in [5.74, 6) is 1.25. The van der Waals surface area contributed by atoms with Crippen molar-refractivity contribution < 1.29 is 14.6 Å². The summed E-state index contributed by atoms with van der Waals surface area (Å²) in [6, 6.07) is 7.68. The van der Waals surface area contributed by atoms with Gasteiger partial charge < -0.3 is 14.6 Å². The van der Waals surface area contributed by atoms with Crippen LogP contribution in [0.5, 0.6) is 11.5 Å². The Morgan fingerprint density at radius 3 is 2.10 bits per heavy atom.